The van der Waals surface area contributed by atoms with E-state index >= 15 is 0 Å². The van der Waals surface area contributed by atoms with Gasteiger partial charge in [0.2, 0.25) is 0 Å². The quantitative estimate of drug-likeness (QED) is 0.778. The monoisotopic (exact) mass is 270 g/mol. The number of nitrogen functional groups attached to an aromatic ring is 1. The van der Waals surface area contributed by atoms with Crippen LogP contribution in [0.1, 0.15) is 0 Å². The van der Waals surface area contributed by atoms with Gasteiger partial charge >= 0.3 is 0 Å². The van der Waals surface area contributed by atoms with Crippen LogP contribution in [0.3, 0.4) is 0 Å². The molecule has 2 N–H and O–H groups in total. The molecule has 0 radical (unpaired) electrons. The van der Waals surface area contributed by atoms with Crippen LogP contribution >= 0.6 is 11.6 Å². The van der Waals surface area contributed by atoms with Gasteiger partial charge in [-0.2, -0.15) is 5.10 Å². The highest BCUT2D eigenvalue weighted by Crippen LogP contribution is 2.25. The highest BCUT2D eigenvalue weighted by molar-refractivity contribution is 6.32. The van der Waals surface area contributed by atoms with Gasteiger partial charge in [0.15, 0.2) is 0 Å². The van der Waals surface area contributed by atoms with Gasteiger partial charge in [0, 0.05) is 12.3 Å². The molecule has 0 amide bonds. The van der Waals surface area contributed by atoms with Gasteiger partial charge in [0.05, 0.1) is 16.4 Å². The highest BCUT2D eigenvalue weighted by atomic mass is 35.5. The fourth-order valence-corrected chi connectivity index (χ4v) is 2.07. The van der Waals surface area contributed by atoms with Crippen molar-refractivity contribution in [2.75, 3.05) is 5.73 Å². The summed E-state index contributed by atoms with van der Waals surface area (Å²) < 4.78 is 1.62. The van der Waals surface area contributed by atoms with Crippen molar-refractivity contribution >= 4 is 17.4 Å². The van der Waals surface area contributed by atoms with Gasteiger partial charge in [0.25, 0.3) is 0 Å². The smallest absolute Gasteiger partial charge is 0.127 e. The second kappa shape index (κ2) is 4.74. The third kappa shape index (κ3) is 2.18. The van der Waals surface area contributed by atoms with Gasteiger partial charge in [-0.05, 0) is 24.3 Å². The Morgan fingerprint density at radius 3 is 2.53 bits per heavy atom. The Kier molecular flexibility index (Phi) is 2.93. The Balaban J connectivity index is 2.11. The lowest BCUT2D eigenvalue weighted by Crippen LogP contribution is -2.02. The fraction of sp³-hybridized carbons (Fsp3) is 0. The Morgan fingerprint density at radius 1 is 1.00 bits per heavy atom. The van der Waals surface area contributed by atoms with Crippen LogP contribution < -0.4 is 5.73 Å². The van der Waals surface area contributed by atoms with Crippen LogP contribution in [0.15, 0.2) is 54.7 Å². The first-order valence-electron chi connectivity index (χ1n) is 5.77. The van der Waals surface area contributed by atoms with Crippen molar-refractivity contribution < 1.29 is 0 Å². The molecule has 94 valence electrons. The van der Waals surface area contributed by atoms with Crippen LogP contribution in [0.25, 0.3) is 17.1 Å². The van der Waals surface area contributed by atoms with Crippen LogP contribution in [0.5, 0.6) is 0 Å². The first-order valence-corrected chi connectivity index (χ1v) is 6.15. The maximum Gasteiger partial charge on any atom is 0.127 e. The largest absolute Gasteiger partial charge is 0.384 e. The summed E-state index contributed by atoms with van der Waals surface area (Å²) in [5.74, 6) is 0.522. The SMILES string of the molecule is Nc1cc(-c2ccccn2)nn1-c1ccccc1Cl. The minimum Gasteiger partial charge on any atom is -0.384 e. The van der Waals surface area contributed by atoms with E-state index in [-0.39, 0.29) is 0 Å². The zero-order valence-electron chi connectivity index (χ0n) is 9.99. The van der Waals surface area contributed by atoms with Crippen LogP contribution in [0.4, 0.5) is 5.82 Å². The molecule has 0 spiro atoms. The molecular formula is C14H11ClN4. The molecule has 3 rings (SSSR count). The lowest BCUT2D eigenvalue weighted by atomic mass is 10.3. The number of hydrogen-bond acceptors (Lipinski definition) is 3. The molecule has 3 aromatic rings. The summed E-state index contributed by atoms with van der Waals surface area (Å²) in [7, 11) is 0. The molecule has 0 aliphatic heterocycles. The van der Waals surface area contributed by atoms with Crippen molar-refractivity contribution in [3.8, 4) is 17.1 Å². The topological polar surface area (TPSA) is 56.7 Å². The van der Waals surface area contributed by atoms with Crippen LogP contribution in [-0.2, 0) is 0 Å². The van der Waals surface area contributed by atoms with E-state index in [1.165, 1.54) is 0 Å². The van der Waals surface area contributed by atoms with Gasteiger partial charge in [0.1, 0.15) is 11.5 Å². The van der Waals surface area contributed by atoms with Crippen molar-refractivity contribution in [1.29, 1.82) is 0 Å². The molecule has 0 unspecified atom stereocenters. The van der Waals surface area contributed by atoms with Gasteiger partial charge in [-0.3, -0.25) is 4.98 Å². The molecule has 0 saturated heterocycles. The predicted octanol–water partition coefficient (Wildman–Crippen LogP) is 3.17. The Bertz CT molecular complexity index is 706. The van der Waals surface area contributed by atoms with E-state index in [0.717, 1.165) is 17.1 Å². The lowest BCUT2D eigenvalue weighted by molar-refractivity contribution is 0.893. The maximum atomic E-state index is 6.15. The van der Waals surface area contributed by atoms with E-state index in [4.69, 9.17) is 17.3 Å². The van der Waals surface area contributed by atoms with E-state index in [2.05, 4.69) is 10.1 Å². The van der Waals surface area contributed by atoms with Crippen LogP contribution in [-0.4, -0.2) is 14.8 Å². The molecule has 2 heterocycles. The normalized spacial score (nSPS) is 10.6. The molecule has 1 aromatic carbocycles. The number of hydrogen-bond donors (Lipinski definition) is 1. The van der Waals surface area contributed by atoms with E-state index in [9.17, 15) is 0 Å². The highest BCUT2D eigenvalue weighted by Gasteiger charge is 2.11. The molecular weight excluding hydrogens is 260 g/mol. The average Bonchev–Trinajstić information content (AvgIpc) is 2.82. The predicted molar refractivity (Wildman–Crippen MR) is 76.2 cm³/mol. The number of aromatic nitrogens is 3. The van der Waals surface area contributed by atoms with E-state index in [1.54, 1.807) is 23.0 Å². The first kappa shape index (κ1) is 11.7. The van der Waals surface area contributed by atoms with Gasteiger partial charge < -0.3 is 5.73 Å². The van der Waals surface area contributed by atoms with Gasteiger partial charge in [-0.25, -0.2) is 4.68 Å². The molecule has 0 aliphatic rings. The summed E-state index contributed by atoms with van der Waals surface area (Å²) in [6.45, 7) is 0. The Hall–Kier alpha value is -2.33. The van der Waals surface area contributed by atoms with Crippen molar-refractivity contribution in [1.82, 2.24) is 14.8 Å². The van der Waals surface area contributed by atoms with E-state index in [1.807, 2.05) is 36.4 Å². The summed E-state index contributed by atoms with van der Waals surface area (Å²) in [6.07, 6.45) is 1.72. The first-order chi connectivity index (χ1) is 9.25. The number of anilines is 1. The number of nitrogens with two attached hydrogens (primary N) is 1. The molecule has 0 bridgehead atoms. The standard InChI is InChI=1S/C14H11ClN4/c15-10-5-1-2-7-13(10)19-14(16)9-12(18-19)11-6-3-4-8-17-11/h1-9H,16H2. The molecule has 0 atom stereocenters. The van der Waals surface area contributed by atoms with E-state index in [0.29, 0.717) is 10.8 Å². The van der Waals surface area contributed by atoms with Crippen LogP contribution in [0.2, 0.25) is 5.02 Å². The zero-order chi connectivity index (χ0) is 13.2. The fourth-order valence-electron chi connectivity index (χ4n) is 1.85. The zero-order valence-corrected chi connectivity index (χ0v) is 10.7. The second-order valence-corrected chi connectivity index (χ2v) is 4.44. The minimum absolute atomic E-state index is 0.522. The summed E-state index contributed by atoms with van der Waals surface area (Å²) in [4.78, 5) is 4.26. The van der Waals surface area contributed by atoms with E-state index < -0.39 is 0 Å². The molecule has 0 fully saturated rings. The third-order valence-electron chi connectivity index (χ3n) is 2.74. The number of rotatable bonds is 2. The number of benzene rings is 1. The summed E-state index contributed by atoms with van der Waals surface area (Å²) >= 11 is 6.15. The van der Waals surface area contributed by atoms with Crippen molar-refractivity contribution in [3.05, 3.63) is 59.8 Å². The molecule has 5 heteroatoms. The van der Waals surface area contributed by atoms with Crippen molar-refractivity contribution in [3.63, 3.8) is 0 Å². The van der Waals surface area contributed by atoms with Crippen molar-refractivity contribution in [2.24, 2.45) is 0 Å². The second-order valence-electron chi connectivity index (χ2n) is 4.03. The third-order valence-corrected chi connectivity index (χ3v) is 3.06. The molecule has 19 heavy (non-hydrogen) atoms. The maximum absolute atomic E-state index is 6.15. The molecule has 4 nitrogen and oxygen atoms in total. The summed E-state index contributed by atoms with van der Waals surface area (Å²) in [6, 6.07) is 14.9. The number of para-hydroxylation sites is 1. The average molecular weight is 271 g/mol. The minimum atomic E-state index is 0.522. The number of pyridine rings is 1. The Labute approximate surface area is 115 Å². The summed E-state index contributed by atoms with van der Waals surface area (Å²) in [5, 5.41) is 5.06. The van der Waals surface area contributed by atoms with Gasteiger partial charge in [-0.15, -0.1) is 0 Å². The molecule has 2 aromatic heterocycles. The Morgan fingerprint density at radius 2 is 1.79 bits per heavy atom. The molecule has 0 aliphatic carbocycles. The lowest BCUT2D eigenvalue weighted by Gasteiger charge is -2.05. The van der Waals surface area contributed by atoms with Crippen molar-refractivity contribution in [2.45, 2.75) is 0 Å². The van der Waals surface area contributed by atoms with Crippen LogP contribution in [0, 0.1) is 0 Å². The molecule has 0 saturated carbocycles. The number of nitrogens with zero attached hydrogens (tertiary/aromatic N) is 3. The van der Waals surface area contributed by atoms with Gasteiger partial charge in [-0.1, -0.05) is 29.8 Å². The number of halogens is 1. The summed E-state index contributed by atoms with van der Waals surface area (Å²) in [5.41, 5.74) is 8.25.